The van der Waals surface area contributed by atoms with Crippen molar-refractivity contribution in [3.63, 3.8) is 0 Å². The summed E-state index contributed by atoms with van der Waals surface area (Å²) < 4.78 is 26.2. The molecule has 1 aromatic carbocycles. The zero-order valence-corrected chi connectivity index (χ0v) is 14.8. The minimum absolute atomic E-state index is 0.00665. The van der Waals surface area contributed by atoms with Gasteiger partial charge in [-0.25, -0.2) is 12.7 Å². The summed E-state index contributed by atoms with van der Waals surface area (Å²) in [7, 11) is -0.896. The quantitative estimate of drug-likeness (QED) is 0.578. The van der Waals surface area contributed by atoms with Crippen molar-refractivity contribution in [3.8, 4) is 0 Å². The number of sulfonamides is 1. The van der Waals surface area contributed by atoms with E-state index in [9.17, 15) is 28.1 Å². The highest BCUT2D eigenvalue weighted by Gasteiger charge is 2.18. The highest BCUT2D eigenvalue weighted by molar-refractivity contribution is 7.89. The highest BCUT2D eigenvalue weighted by atomic mass is 32.2. The Morgan fingerprint density at radius 3 is 2.58 bits per heavy atom. The lowest BCUT2D eigenvalue weighted by atomic mass is 10.3. The average molecular weight is 380 g/mol. The first-order valence-electron chi connectivity index (χ1n) is 7.28. The molecule has 26 heavy (non-hydrogen) atoms. The second-order valence-corrected chi connectivity index (χ2v) is 7.63. The Hall–Kier alpha value is -3.05. The second kappa shape index (κ2) is 7.45. The first kappa shape index (κ1) is 19.3. The van der Waals surface area contributed by atoms with Gasteiger partial charge in [0.05, 0.1) is 16.0 Å². The number of nitrogens with zero attached hydrogens (tertiary/aromatic N) is 3. The topological polar surface area (TPSA) is 132 Å². The van der Waals surface area contributed by atoms with Crippen LogP contribution in [-0.4, -0.2) is 42.2 Å². The summed E-state index contributed by atoms with van der Waals surface area (Å²) in [5.41, 5.74) is -0.678. The summed E-state index contributed by atoms with van der Waals surface area (Å²) in [6.07, 6.45) is 0.967. The molecule has 0 atom stereocenters. The molecule has 10 nitrogen and oxygen atoms in total. The molecule has 0 aliphatic heterocycles. The number of nitrogens with one attached hydrogen (secondary N) is 1. The summed E-state index contributed by atoms with van der Waals surface area (Å²) >= 11 is 0. The molecule has 0 bridgehead atoms. The third-order valence-electron chi connectivity index (χ3n) is 3.39. The summed E-state index contributed by atoms with van der Waals surface area (Å²) in [6, 6.07) is 7.66. The molecule has 2 aromatic rings. The number of benzene rings is 1. The molecule has 0 aliphatic carbocycles. The number of hydrogen-bond acceptors (Lipinski definition) is 6. The molecule has 2 rings (SSSR count). The van der Waals surface area contributed by atoms with E-state index >= 15 is 0 Å². The molecule has 1 N–H and O–H groups in total. The van der Waals surface area contributed by atoms with Crippen LogP contribution >= 0.6 is 0 Å². The Kier molecular flexibility index (Phi) is 5.53. The molecular weight excluding hydrogens is 364 g/mol. The Balaban J connectivity index is 2.20. The first-order chi connectivity index (χ1) is 12.1. The van der Waals surface area contributed by atoms with Crippen LogP contribution in [0.1, 0.15) is 0 Å². The van der Waals surface area contributed by atoms with E-state index in [1.165, 1.54) is 38.4 Å². The molecule has 1 amide bonds. The fourth-order valence-electron chi connectivity index (χ4n) is 2.05. The van der Waals surface area contributed by atoms with Crippen LogP contribution < -0.4 is 10.9 Å². The molecule has 0 fully saturated rings. The van der Waals surface area contributed by atoms with Gasteiger partial charge in [-0.05, 0) is 18.2 Å². The standard InChI is InChI=1S/C15H16N4O6S/c1-17(2)26(24,25)13-5-3-4-11(8-13)16-14(20)10-18-9-12(19(22)23)6-7-15(18)21/h3-9H,10H2,1-2H3,(H,16,20). The van der Waals surface area contributed by atoms with E-state index in [1.54, 1.807) is 0 Å². The summed E-state index contributed by atoms with van der Waals surface area (Å²) in [5, 5.41) is 13.2. The zero-order valence-electron chi connectivity index (χ0n) is 13.9. The van der Waals surface area contributed by atoms with Crippen molar-refractivity contribution in [1.29, 1.82) is 0 Å². The minimum Gasteiger partial charge on any atom is -0.324 e. The molecule has 11 heteroatoms. The average Bonchev–Trinajstić information content (AvgIpc) is 2.56. The zero-order chi connectivity index (χ0) is 19.5. The largest absolute Gasteiger partial charge is 0.324 e. The van der Waals surface area contributed by atoms with E-state index in [2.05, 4.69) is 5.32 Å². The van der Waals surface area contributed by atoms with E-state index in [4.69, 9.17) is 0 Å². The van der Waals surface area contributed by atoms with Gasteiger partial charge < -0.3 is 5.32 Å². The molecule has 1 heterocycles. The van der Waals surface area contributed by atoms with Gasteiger partial charge in [-0.2, -0.15) is 0 Å². The predicted molar refractivity (Wildman–Crippen MR) is 93.3 cm³/mol. The molecular formula is C15H16N4O6S. The predicted octanol–water partition coefficient (Wildman–Crippen LogP) is 0.645. The number of rotatable bonds is 6. The van der Waals surface area contributed by atoms with Crippen LogP contribution in [-0.2, 0) is 21.4 Å². The van der Waals surface area contributed by atoms with Crippen LogP contribution in [0.15, 0.2) is 52.3 Å². The fraction of sp³-hybridized carbons (Fsp3) is 0.200. The van der Waals surface area contributed by atoms with Crippen LogP contribution in [0.25, 0.3) is 0 Å². The van der Waals surface area contributed by atoms with Gasteiger partial charge >= 0.3 is 0 Å². The van der Waals surface area contributed by atoms with Gasteiger partial charge in [0.15, 0.2) is 0 Å². The molecule has 0 saturated carbocycles. The Labute approximate surface area is 148 Å². The van der Waals surface area contributed by atoms with Crippen LogP contribution in [0.3, 0.4) is 0 Å². The third-order valence-corrected chi connectivity index (χ3v) is 5.20. The van der Waals surface area contributed by atoms with Crippen LogP contribution in [0.2, 0.25) is 0 Å². The SMILES string of the molecule is CN(C)S(=O)(=O)c1cccc(NC(=O)Cn2cc([N+](=O)[O-])ccc2=O)c1. The lowest BCUT2D eigenvalue weighted by molar-refractivity contribution is -0.385. The van der Waals surface area contributed by atoms with Gasteiger partial charge in [-0.3, -0.25) is 24.3 Å². The van der Waals surface area contributed by atoms with E-state index in [0.717, 1.165) is 27.2 Å². The van der Waals surface area contributed by atoms with Gasteiger partial charge in [-0.15, -0.1) is 0 Å². The molecule has 0 saturated heterocycles. The number of hydrogen-bond donors (Lipinski definition) is 1. The molecule has 0 spiro atoms. The Morgan fingerprint density at radius 2 is 1.96 bits per heavy atom. The maximum atomic E-state index is 12.1. The van der Waals surface area contributed by atoms with Crippen LogP contribution in [0.5, 0.6) is 0 Å². The van der Waals surface area contributed by atoms with Crippen molar-refractivity contribution in [2.24, 2.45) is 0 Å². The van der Waals surface area contributed by atoms with Crippen LogP contribution in [0.4, 0.5) is 11.4 Å². The van der Waals surface area contributed by atoms with Crippen molar-refractivity contribution in [1.82, 2.24) is 8.87 Å². The van der Waals surface area contributed by atoms with Crippen molar-refractivity contribution >= 4 is 27.3 Å². The Bertz CT molecular complexity index is 1010. The normalized spacial score (nSPS) is 11.3. The van der Waals surface area contributed by atoms with Gasteiger partial charge in [0.25, 0.3) is 11.2 Å². The number of aromatic nitrogens is 1. The molecule has 0 aliphatic rings. The maximum absolute atomic E-state index is 12.1. The fourth-order valence-corrected chi connectivity index (χ4v) is 3.00. The monoisotopic (exact) mass is 380 g/mol. The van der Waals surface area contributed by atoms with Gasteiger partial charge in [-0.1, -0.05) is 6.07 Å². The highest BCUT2D eigenvalue weighted by Crippen LogP contribution is 2.18. The van der Waals surface area contributed by atoms with Crippen molar-refractivity contribution < 1.29 is 18.1 Å². The number of carbonyl (C=O) groups excluding carboxylic acids is 1. The van der Waals surface area contributed by atoms with Crippen molar-refractivity contribution in [3.05, 3.63) is 63.1 Å². The first-order valence-corrected chi connectivity index (χ1v) is 8.72. The maximum Gasteiger partial charge on any atom is 0.285 e. The molecule has 0 unspecified atom stereocenters. The lowest BCUT2D eigenvalue weighted by Gasteiger charge is -2.13. The number of amides is 1. The smallest absolute Gasteiger partial charge is 0.285 e. The van der Waals surface area contributed by atoms with E-state index < -0.39 is 33.0 Å². The Morgan fingerprint density at radius 1 is 1.27 bits per heavy atom. The number of pyridine rings is 1. The lowest BCUT2D eigenvalue weighted by Crippen LogP contribution is -2.27. The summed E-state index contributed by atoms with van der Waals surface area (Å²) in [6.45, 7) is -0.453. The third kappa shape index (κ3) is 4.32. The van der Waals surface area contributed by atoms with E-state index in [-0.39, 0.29) is 16.3 Å². The number of nitro groups is 1. The summed E-state index contributed by atoms with van der Waals surface area (Å²) in [4.78, 5) is 33.9. The molecule has 0 radical (unpaired) electrons. The van der Waals surface area contributed by atoms with Crippen molar-refractivity contribution in [2.45, 2.75) is 11.4 Å². The second-order valence-electron chi connectivity index (χ2n) is 5.47. The van der Waals surface area contributed by atoms with E-state index in [1.807, 2.05) is 0 Å². The summed E-state index contributed by atoms with van der Waals surface area (Å²) in [5.74, 6) is -0.632. The molecule has 1 aromatic heterocycles. The van der Waals surface area contributed by atoms with E-state index in [0.29, 0.717) is 0 Å². The van der Waals surface area contributed by atoms with Gasteiger partial charge in [0.1, 0.15) is 6.54 Å². The minimum atomic E-state index is -3.66. The molecule has 138 valence electrons. The van der Waals surface area contributed by atoms with Gasteiger partial charge in [0.2, 0.25) is 15.9 Å². The number of carbonyl (C=O) groups is 1. The van der Waals surface area contributed by atoms with Gasteiger partial charge in [0, 0.05) is 31.9 Å². The number of anilines is 1. The van der Waals surface area contributed by atoms with Crippen molar-refractivity contribution in [2.75, 3.05) is 19.4 Å². The van der Waals surface area contributed by atoms with Crippen LogP contribution in [0, 0.1) is 10.1 Å².